The largest absolute Gasteiger partial charge is 0.335 e. The molecule has 0 saturated heterocycles. The Bertz CT molecular complexity index is 910. The van der Waals surface area contributed by atoms with Crippen LogP contribution >= 0.6 is 0 Å². The Hall–Kier alpha value is -2.51. The molecule has 0 aliphatic carbocycles. The van der Waals surface area contributed by atoms with E-state index >= 15 is 0 Å². The van der Waals surface area contributed by atoms with E-state index in [2.05, 4.69) is 0 Å². The predicted octanol–water partition coefficient (Wildman–Crippen LogP) is 2.71. The second kappa shape index (κ2) is 7.58. The molecule has 1 atom stereocenters. The lowest BCUT2D eigenvalue weighted by molar-refractivity contribution is -0.126. The van der Waals surface area contributed by atoms with E-state index in [0.29, 0.717) is 11.1 Å². The van der Waals surface area contributed by atoms with E-state index < -0.39 is 10.0 Å². The van der Waals surface area contributed by atoms with Crippen LogP contribution in [0.15, 0.2) is 59.5 Å². The van der Waals surface area contributed by atoms with Gasteiger partial charge in [-0.1, -0.05) is 24.3 Å². The van der Waals surface area contributed by atoms with E-state index in [1.165, 1.54) is 41.3 Å². The Morgan fingerprint density at radius 3 is 2.52 bits per heavy atom. The lowest BCUT2D eigenvalue weighted by Gasteiger charge is -2.24. The van der Waals surface area contributed by atoms with Gasteiger partial charge in [0.2, 0.25) is 15.9 Å². The summed E-state index contributed by atoms with van der Waals surface area (Å²) in [7, 11) is -2.20. The van der Waals surface area contributed by atoms with Crippen LogP contribution in [-0.2, 0) is 14.8 Å². The third-order valence-electron chi connectivity index (χ3n) is 3.86. The second-order valence-corrected chi connectivity index (χ2v) is 7.19. The van der Waals surface area contributed by atoms with Crippen molar-refractivity contribution in [2.45, 2.75) is 17.9 Å². The fourth-order valence-corrected chi connectivity index (χ4v) is 2.83. The van der Waals surface area contributed by atoms with Crippen molar-refractivity contribution in [1.29, 1.82) is 0 Å². The second-order valence-electron chi connectivity index (χ2n) is 5.63. The fourth-order valence-electron chi connectivity index (χ4n) is 2.26. The first-order valence-electron chi connectivity index (χ1n) is 7.51. The van der Waals surface area contributed by atoms with Crippen molar-refractivity contribution in [3.63, 3.8) is 0 Å². The smallest absolute Gasteiger partial charge is 0.246 e. The molecular formula is C18H19FN2O3S. The molecule has 2 aromatic rings. The molecule has 1 amide bonds. The van der Waals surface area contributed by atoms with Crippen LogP contribution in [0, 0.1) is 5.82 Å². The Morgan fingerprint density at radius 1 is 1.20 bits per heavy atom. The standard InChI is InChI=1S/C18H19FN2O3S/c1-13(15-6-4-8-17(12-15)25(20,23)24)21(2)18(22)10-9-14-5-3-7-16(19)11-14/h3-13H,1-2H3,(H2,20,23,24). The molecule has 2 rings (SSSR count). The summed E-state index contributed by atoms with van der Waals surface area (Å²) in [6, 6.07) is 11.7. The molecule has 0 heterocycles. The van der Waals surface area contributed by atoms with Gasteiger partial charge in [-0.2, -0.15) is 0 Å². The van der Waals surface area contributed by atoms with Gasteiger partial charge in [0.25, 0.3) is 0 Å². The third-order valence-corrected chi connectivity index (χ3v) is 4.78. The highest BCUT2D eigenvalue weighted by atomic mass is 32.2. The number of hydrogen-bond donors (Lipinski definition) is 1. The quantitative estimate of drug-likeness (QED) is 0.831. The molecule has 2 aromatic carbocycles. The van der Waals surface area contributed by atoms with E-state index in [9.17, 15) is 17.6 Å². The zero-order valence-corrected chi connectivity index (χ0v) is 14.7. The number of amides is 1. The molecule has 0 aliphatic rings. The summed E-state index contributed by atoms with van der Waals surface area (Å²) in [6.45, 7) is 1.77. The number of sulfonamides is 1. The molecule has 0 radical (unpaired) electrons. The van der Waals surface area contributed by atoms with Gasteiger partial charge >= 0.3 is 0 Å². The zero-order chi connectivity index (χ0) is 18.6. The number of likely N-dealkylation sites (N-methyl/N-ethyl adjacent to an activating group) is 1. The molecule has 5 nitrogen and oxygen atoms in total. The molecule has 0 fully saturated rings. The van der Waals surface area contributed by atoms with Crippen molar-refractivity contribution in [2.75, 3.05) is 7.05 Å². The highest BCUT2D eigenvalue weighted by Gasteiger charge is 2.17. The average Bonchev–Trinajstić information content (AvgIpc) is 2.58. The van der Waals surface area contributed by atoms with Crippen molar-refractivity contribution >= 4 is 22.0 Å². The summed E-state index contributed by atoms with van der Waals surface area (Å²) in [4.78, 5) is 13.8. The first-order valence-corrected chi connectivity index (χ1v) is 9.06. The molecule has 0 aliphatic heterocycles. The maximum atomic E-state index is 13.1. The van der Waals surface area contributed by atoms with Crippen molar-refractivity contribution in [2.24, 2.45) is 5.14 Å². The zero-order valence-electron chi connectivity index (χ0n) is 13.9. The number of hydrogen-bond acceptors (Lipinski definition) is 3. The SMILES string of the molecule is CC(c1cccc(S(N)(=O)=O)c1)N(C)C(=O)C=Cc1cccc(F)c1. The minimum atomic E-state index is -3.81. The number of benzene rings is 2. The van der Waals surface area contributed by atoms with Crippen LogP contribution in [0.1, 0.15) is 24.1 Å². The lowest BCUT2D eigenvalue weighted by Crippen LogP contribution is -2.28. The molecule has 25 heavy (non-hydrogen) atoms. The van der Waals surface area contributed by atoms with Gasteiger partial charge in [-0.3, -0.25) is 4.79 Å². The summed E-state index contributed by atoms with van der Waals surface area (Å²) in [5.41, 5.74) is 1.21. The van der Waals surface area contributed by atoms with Gasteiger partial charge in [-0.15, -0.1) is 0 Å². The Labute approximate surface area is 146 Å². The molecule has 0 saturated carbocycles. The molecule has 132 valence electrons. The number of primary sulfonamides is 1. The van der Waals surface area contributed by atoms with E-state index in [1.54, 1.807) is 38.2 Å². The predicted molar refractivity (Wildman–Crippen MR) is 94.4 cm³/mol. The highest BCUT2D eigenvalue weighted by Crippen LogP contribution is 2.21. The van der Waals surface area contributed by atoms with Gasteiger partial charge in [0.05, 0.1) is 10.9 Å². The van der Waals surface area contributed by atoms with E-state index in [1.807, 2.05) is 0 Å². The molecule has 2 N–H and O–H groups in total. The van der Waals surface area contributed by atoms with Crippen LogP contribution in [-0.4, -0.2) is 26.3 Å². The summed E-state index contributed by atoms with van der Waals surface area (Å²) in [5, 5.41) is 5.14. The Kier molecular flexibility index (Phi) is 5.71. The van der Waals surface area contributed by atoms with Gasteiger partial charge in [0.1, 0.15) is 5.82 Å². The van der Waals surface area contributed by atoms with E-state index in [0.717, 1.165) is 0 Å². The minimum Gasteiger partial charge on any atom is -0.335 e. The van der Waals surface area contributed by atoms with Crippen LogP contribution in [0.25, 0.3) is 6.08 Å². The Morgan fingerprint density at radius 2 is 1.88 bits per heavy atom. The number of rotatable bonds is 5. The number of carbonyl (C=O) groups excluding carboxylic acids is 1. The van der Waals surface area contributed by atoms with Crippen molar-refractivity contribution < 1.29 is 17.6 Å². The van der Waals surface area contributed by atoms with Gasteiger partial charge in [-0.25, -0.2) is 17.9 Å². The maximum Gasteiger partial charge on any atom is 0.246 e. The molecule has 0 bridgehead atoms. The highest BCUT2D eigenvalue weighted by molar-refractivity contribution is 7.89. The van der Waals surface area contributed by atoms with Gasteiger partial charge in [-0.05, 0) is 48.4 Å². The van der Waals surface area contributed by atoms with Gasteiger partial charge in [0, 0.05) is 13.1 Å². The van der Waals surface area contributed by atoms with Crippen LogP contribution in [0.5, 0.6) is 0 Å². The number of carbonyl (C=O) groups is 1. The molecule has 7 heteroatoms. The first kappa shape index (κ1) is 18.8. The fraction of sp³-hybridized carbons (Fsp3) is 0.167. The lowest BCUT2D eigenvalue weighted by atomic mass is 10.1. The first-order chi connectivity index (χ1) is 11.7. The topological polar surface area (TPSA) is 80.5 Å². The normalized spacial score (nSPS) is 13.0. The summed E-state index contributed by atoms with van der Waals surface area (Å²) >= 11 is 0. The van der Waals surface area contributed by atoms with Crippen LogP contribution in [0.4, 0.5) is 4.39 Å². The van der Waals surface area contributed by atoms with E-state index in [4.69, 9.17) is 5.14 Å². The van der Waals surface area contributed by atoms with Crippen molar-refractivity contribution in [3.05, 3.63) is 71.6 Å². The van der Waals surface area contributed by atoms with E-state index in [-0.39, 0.29) is 22.7 Å². The van der Waals surface area contributed by atoms with Crippen molar-refractivity contribution in [3.8, 4) is 0 Å². The maximum absolute atomic E-state index is 13.1. The summed E-state index contributed by atoms with van der Waals surface area (Å²) in [6.07, 6.45) is 2.87. The van der Waals surface area contributed by atoms with Gasteiger partial charge in [0.15, 0.2) is 0 Å². The molecule has 0 aromatic heterocycles. The average molecular weight is 362 g/mol. The molecule has 1 unspecified atom stereocenters. The minimum absolute atomic E-state index is 0.00648. The summed E-state index contributed by atoms with van der Waals surface area (Å²) in [5.74, 6) is -0.672. The molecular weight excluding hydrogens is 343 g/mol. The number of halogens is 1. The van der Waals surface area contributed by atoms with Crippen LogP contribution in [0.2, 0.25) is 0 Å². The number of nitrogens with zero attached hydrogens (tertiary/aromatic N) is 1. The number of nitrogens with two attached hydrogens (primary N) is 1. The Balaban J connectivity index is 2.16. The van der Waals surface area contributed by atoms with Gasteiger partial charge < -0.3 is 4.90 Å². The monoisotopic (exact) mass is 362 g/mol. The molecule has 0 spiro atoms. The third kappa shape index (κ3) is 4.98. The van der Waals surface area contributed by atoms with Crippen molar-refractivity contribution in [1.82, 2.24) is 4.90 Å². The van der Waals surface area contributed by atoms with Crippen LogP contribution in [0.3, 0.4) is 0 Å². The summed E-state index contributed by atoms with van der Waals surface area (Å²) < 4.78 is 36.1. The van der Waals surface area contributed by atoms with Crippen LogP contribution < -0.4 is 5.14 Å².